The van der Waals surface area contributed by atoms with Gasteiger partial charge in [-0.25, -0.2) is 4.98 Å². The molecule has 0 aliphatic heterocycles. The van der Waals surface area contributed by atoms with Gasteiger partial charge in [0.25, 0.3) is 5.89 Å². The average molecular weight is 139 g/mol. The van der Waals surface area contributed by atoms with Crippen LogP contribution in [-0.4, -0.2) is 10.8 Å². The number of Topliss-reactive ketones (excluding diaryl/α,β-unsaturated/α-hetero) is 1. The molecule has 0 N–H and O–H groups in total. The number of nitrogens with zero attached hydrogens (tertiary/aromatic N) is 1. The molecule has 10 heavy (non-hydrogen) atoms. The highest BCUT2D eigenvalue weighted by Crippen LogP contribution is 2.02. The minimum absolute atomic E-state index is 0.0481. The second-order valence-electron chi connectivity index (χ2n) is 2.07. The molecule has 0 aliphatic rings. The molecule has 0 spiro atoms. The van der Waals surface area contributed by atoms with Crippen LogP contribution >= 0.6 is 0 Å². The van der Waals surface area contributed by atoms with Gasteiger partial charge >= 0.3 is 0 Å². The molecule has 0 radical (unpaired) electrons. The van der Waals surface area contributed by atoms with Crippen molar-refractivity contribution in [3.05, 3.63) is 17.8 Å². The van der Waals surface area contributed by atoms with Crippen LogP contribution in [0.3, 0.4) is 0 Å². The van der Waals surface area contributed by atoms with Crippen LogP contribution in [0.5, 0.6) is 0 Å². The maximum Gasteiger partial charge on any atom is 0.263 e. The zero-order valence-electron chi connectivity index (χ0n) is 6.05. The van der Waals surface area contributed by atoms with Gasteiger partial charge in [0, 0.05) is 6.42 Å². The third-order valence-corrected chi connectivity index (χ3v) is 1.18. The monoisotopic (exact) mass is 139 g/mol. The lowest BCUT2D eigenvalue weighted by Gasteiger charge is -1.84. The minimum Gasteiger partial charge on any atom is -0.442 e. The molecule has 0 amide bonds. The molecule has 1 aromatic heterocycles. The lowest BCUT2D eigenvalue weighted by molar-refractivity contribution is 0.0955. The highest BCUT2D eigenvalue weighted by Gasteiger charge is 2.07. The number of hydrogen-bond acceptors (Lipinski definition) is 3. The molecule has 1 aromatic rings. The molecule has 3 nitrogen and oxygen atoms in total. The quantitative estimate of drug-likeness (QED) is 0.584. The van der Waals surface area contributed by atoms with E-state index < -0.39 is 0 Å². The molecule has 54 valence electrons. The van der Waals surface area contributed by atoms with E-state index in [1.165, 1.54) is 6.26 Å². The van der Waals surface area contributed by atoms with Crippen LogP contribution in [0.4, 0.5) is 0 Å². The molecular formula is C7H9NO2. The summed E-state index contributed by atoms with van der Waals surface area (Å²) >= 11 is 0. The Balaban J connectivity index is 2.85. The topological polar surface area (TPSA) is 43.1 Å². The second-order valence-corrected chi connectivity index (χ2v) is 2.07. The Kier molecular flexibility index (Phi) is 1.85. The Morgan fingerprint density at radius 3 is 2.90 bits per heavy atom. The maximum atomic E-state index is 10.9. The number of ketones is 1. The van der Waals surface area contributed by atoms with Crippen molar-refractivity contribution < 1.29 is 9.21 Å². The summed E-state index contributed by atoms with van der Waals surface area (Å²) in [5.74, 6) is 0.174. The van der Waals surface area contributed by atoms with E-state index in [9.17, 15) is 4.79 Å². The molecule has 0 bridgehead atoms. The zero-order chi connectivity index (χ0) is 7.56. The molecule has 0 aromatic carbocycles. The van der Waals surface area contributed by atoms with Crippen LogP contribution in [0.15, 0.2) is 10.7 Å². The van der Waals surface area contributed by atoms with Gasteiger partial charge in [0.15, 0.2) is 0 Å². The Labute approximate surface area is 59.1 Å². The van der Waals surface area contributed by atoms with E-state index in [2.05, 4.69) is 4.98 Å². The van der Waals surface area contributed by atoms with Crippen molar-refractivity contribution in [2.24, 2.45) is 0 Å². The molecule has 0 atom stereocenters. The van der Waals surface area contributed by atoms with Gasteiger partial charge in [0.05, 0.1) is 5.69 Å². The van der Waals surface area contributed by atoms with Crippen LogP contribution in [0.2, 0.25) is 0 Å². The van der Waals surface area contributed by atoms with Crippen molar-refractivity contribution in [3.63, 3.8) is 0 Å². The van der Waals surface area contributed by atoms with E-state index in [0.29, 0.717) is 6.42 Å². The summed E-state index contributed by atoms with van der Waals surface area (Å²) in [6, 6.07) is 0. The average Bonchev–Trinajstić information content (AvgIpc) is 2.34. The molecule has 0 unspecified atom stereocenters. The van der Waals surface area contributed by atoms with Crippen LogP contribution in [-0.2, 0) is 0 Å². The SMILES string of the molecule is CCC(=O)c1nc(C)co1. The summed E-state index contributed by atoms with van der Waals surface area (Å²) in [7, 11) is 0. The zero-order valence-corrected chi connectivity index (χ0v) is 6.05. The summed E-state index contributed by atoms with van der Waals surface area (Å²) < 4.78 is 4.86. The molecule has 0 aliphatic carbocycles. The summed E-state index contributed by atoms with van der Waals surface area (Å²) in [6.07, 6.45) is 1.92. The van der Waals surface area contributed by atoms with E-state index in [4.69, 9.17) is 4.42 Å². The summed E-state index contributed by atoms with van der Waals surface area (Å²) in [6.45, 7) is 3.57. The van der Waals surface area contributed by atoms with Gasteiger partial charge in [-0.15, -0.1) is 0 Å². The predicted molar refractivity (Wildman–Crippen MR) is 35.9 cm³/mol. The highest BCUT2D eigenvalue weighted by molar-refractivity contribution is 5.91. The highest BCUT2D eigenvalue weighted by atomic mass is 16.3. The van der Waals surface area contributed by atoms with E-state index in [-0.39, 0.29) is 11.7 Å². The normalized spacial score (nSPS) is 9.80. The van der Waals surface area contributed by atoms with E-state index >= 15 is 0 Å². The largest absolute Gasteiger partial charge is 0.442 e. The van der Waals surface area contributed by atoms with E-state index in [0.717, 1.165) is 5.69 Å². The summed E-state index contributed by atoms with van der Waals surface area (Å²) in [5, 5.41) is 0. The van der Waals surface area contributed by atoms with Crippen molar-refractivity contribution in [3.8, 4) is 0 Å². The lowest BCUT2D eigenvalue weighted by Crippen LogP contribution is -1.95. The molecule has 1 rings (SSSR count). The number of carbonyl (C=O) groups excluding carboxylic acids is 1. The van der Waals surface area contributed by atoms with E-state index in [1.54, 1.807) is 13.8 Å². The third-order valence-electron chi connectivity index (χ3n) is 1.18. The van der Waals surface area contributed by atoms with Crippen LogP contribution in [0, 0.1) is 6.92 Å². The molecular weight excluding hydrogens is 130 g/mol. The Bertz CT molecular complexity index is 240. The van der Waals surface area contributed by atoms with Crippen molar-refractivity contribution in [2.75, 3.05) is 0 Å². The van der Waals surface area contributed by atoms with Gasteiger partial charge in [-0.2, -0.15) is 0 Å². The van der Waals surface area contributed by atoms with Gasteiger partial charge in [0.1, 0.15) is 6.26 Å². The van der Waals surface area contributed by atoms with Crippen LogP contribution in [0.1, 0.15) is 29.7 Å². The van der Waals surface area contributed by atoms with Crippen LogP contribution in [0.25, 0.3) is 0 Å². The first-order valence-corrected chi connectivity index (χ1v) is 3.19. The molecule has 0 saturated heterocycles. The number of hydrogen-bond donors (Lipinski definition) is 0. The van der Waals surface area contributed by atoms with Gasteiger partial charge in [-0.1, -0.05) is 6.92 Å². The van der Waals surface area contributed by atoms with Crippen molar-refractivity contribution in [2.45, 2.75) is 20.3 Å². The predicted octanol–water partition coefficient (Wildman–Crippen LogP) is 1.58. The fraction of sp³-hybridized carbons (Fsp3) is 0.429. The molecule has 0 saturated carbocycles. The lowest BCUT2D eigenvalue weighted by atomic mass is 10.3. The Morgan fingerprint density at radius 1 is 1.80 bits per heavy atom. The molecule has 0 fully saturated rings. The van der Waals surface area contributed by atoms with Crippen molar-refractivity contribution in [1.82, 2.24) is 4.98 Å². The fourth-order valence-corrected chi connectivity index (χ4v) is 0.633. The summed E-state index contributed by atoms with van der Waals surface area (Å²) in [4.78, 5) is 14.7. The van der Waals surface area contributed by atoms with Gasteiger partial charge in [0.2, 0.25) is 5.78 Å². The number of carbonyl (C=O) groups is 1. The number of rotatable bonds is 2. The molecule has 3 heteroatoms. The summed E-state index contributed by atoms with van der Waals surface area (Å²) in [5.41, 5.74) is 0.747. The second kappa shape index (κ2) is 2.64. The first-order chi connectivity index (χ1) is 4.74. The number of oxazole rings is 1. The van der Waals surface area contributed by atoms with Gasteiger partial charge in [-0.05, 0) is 6.92 Å². The number of aryl methyl sites for hydroxylation is 1. The standard InChI is InChI=1S/C7H9NO2/c1-3-6(9)7-8-5(2)4-10-7/h4H,3H2,1-2H3. The van der Waals surface area contributed by atoms with Gasteiger partial charge < -0.3 is 4.42 Å². The first kappa shape index (κ1) is 6.99. The maximum absolute atomic E-state index is 10.9. The van der Waals surface area contributed by atoms with Crippen molar-refractivity contribution in [1.29, 1.82) is 0 Å². The van der Waals surface area contributed by atoms with Crippen molar-refractivity contribution >= 4 is 5.78 Å². The Morgan fingerprint density at radius 2 is 2.50 bits per heavy atom. The first-order valence-electron chi connectivity index (χ1n) is 3.19. The van der Waals surface area contributed by atoms with Crippen LogP contribution < -0.4 is 0 Å². The fourth-order valence-electron chi connectivity index (χ4n) is 0.633. The smallest absolute Gasteiger partial charge is 0.263 e. The minimum atomic E-state index is -0.0481. The number of aromatic nitrogens is 1. The van der Waals surface area contributed by atoms with E-state index in [1.807, 2.05) is 0 Å². The third kappa shape index (κ3) is 1.23. The van der Waals surface area contributed by atoms with Gasteiger partial charge in [-0.3, -0.25) is 4.79 Å². The molecule has 1 heterocycles. The Hall–Kier alpha value is -1.12.